The number of anilines is 3. The second kappa shape index (κ2) is 11.6. The summed E-state index contributed by atoms with van der Waals surface area (Å²) >= 11 is 0. The van der Waals surface area contributed by atoms with Crippen molar-refractivity contribution < 1.29 is 4.42 Å². The molecule has 0 saturated carbocycles. The van der Waals surface area contributed by atoms with E-state index >= 15 is 0 Å². The minimum atomic E-state index is -0.114. The number of nitrogens with zero attached hydrogens (tertiary/aromatic N) is 2. The van der Waals surface area contributed by atoms with Crippen LogP contribution in [0.3, 0.4) is 0 Å². The Hall–Kier alpha value is -6.84. The third kappa shape index (κ3) is 4.36. The van der Waals surface area contributed by atoms with E-state index in [4.69, 9.17) is 4.42 Å². The van der Waals surface area contributed by atoms with E-state index in [2.05, 4.69) is 205 Å². The molecule has 10 aromatic rings. The predicted octanol–water partition coefficient (Wildman–Crippen LogP) is 14.1. The van der Waals surface area contributed by atoms with Crippen LogP contribution in [0.25, 0.3) is 71.7 Å². The lowest BCUT2D eigenvalue weighted by Gasteiger charge is -2.29. The van der Waals surface area contributed by atoms with Gasteiger partial charge in [0, 0.05) is 44.1 Å². The molecule has 0 N–H and O–H groups in total. The van der Waals surface area contributed by atoms with Crippen LogP contribution >= 0.6 is 0 Å². The lowest BCUT2D eigenvalue weighted by molar-refractivity contribution is 0.660. The molecular formula is C51H36N2O. The average molecular weight is 693 g/mol. The third-order valence-corrected chi connectivity index (χ3v) is 11.6. The van der Waals surface area contributed by atoms with E-state index in [0.717, 1.165) is 55.8 Å². The molecule has 8 aromatic carbocycles. The molecule has 0 saturated heterocycles. The molecule has 0 aliphatic heterocycles. The first-order chi connectivity index (χ1) is 26.6. The first kappa shape index (κ1) is 30.8. The largest absolute Gasteiger partial charge is 0.455 e. The fourth-order valence-corrected chi connectivity index (χ4v) is 9.12. The molecule has 3 heteroatoms. The average Bonchev–Trinajstić information content (AvgIpc) is 3.85. The molecule has 0 radical (unpaired) electrons. The second-order valence-corrected chi connectivity index (χ2v) is 14.9. The normalized spacial score (nSPS) is 13.1. The smallest absolute Gasteiger partial charge is 0.145 e. The van der Waals surface area contributed by atoms with Crippen molar-refractivity contribution in [3.63, 3.8) is 0 Å². The molecule has 256 valence electrons. The Balaban J connectivity index is 1.13. The van der Waals surface area contributed by atoms with E-state index in [1.54, 1.807) is 0 Å². The summed E-state index contributed by atoms with van der Waals surface area (Å²) in [7, 11) is 0. The summed E-state index contributed by atoms with van der Waals surface area (Å²) in [5.41, 5.74) is 16.0. The first-order valence-electron chi connectivity index (χ1n) is 18.7. The van der Waals surface area contributed by atoms with Gasteiger partial charge in [-0.15, -0.1) is 0 Å². The first-order valence-corrected chi connectivity index (χ1v) is 18.7. The minimum absolute atomic E-state index is 0.114. The fourth-order valence-electron chi connectivity index (χ4n) is 9.12. The highest BCUT2D eigenvalue weighted by Crippen LogP contribution is 2.55. The predicted molar refractivity (Wildman–Crippen MR) is 226 cm³/mol. The number of aromatic nitrogens is 1. The molecule has 0 bridgehead atoms. The van der Waals surface area contributed by atoms with Gasteiger partial charge in [-0.3, -0.25) is 0 Å². The lowest BCUT2D eigenvalue weighted by Crippen LogP contribution is -2.16. The van der Waals surface area contributed by atoms with Crippen LogP contribution in [-0.2, 0) is 5.41 Å². The van der Waals surface area contributed by atoms with Crippen molar-refractivity contribution >= 4 is 60.8 Å². The van der Waals surface area contributed by atoms with Crippen LogP contribution in [0.4, 0.5) is 17.1 Å². The summed E-state index contributed by atoms with van der Waals surface area (Å²) in [6.45, 7) is 4.69. The molecule has 0 unspecified atom stereocenters. The van der Waals surface area contributed by atoms with Crippen LogP contribution in [0.15, 0.2) is 186 Å². The maximum absolute atomic E-state index is 6.87. The van der Waals surface area contributed by atoms with Gasteiger partial charge in [0.15, 0.2) is 0 Å². The maximum atomic E-state index is 6.87. The molecule has 2 heterocycles. The highest BCUT2D eigenvalue weighted by molar-refractivity contribution is 6.17. The highest BCUT2D eigenvalue weighted by Gasteiger charge is 2.38. The maximum Gasteiger partial charge on any atom is 0.145 e. The number of furan rings is 1. The number of hydrogen-bond acceptors (Lipinski definition) is 2. The van der Waals surface area contributed by atoms with E-state index < -0.39 is 0 Å². The Morgan fingerprint density at radius 1 is 0.481 bits per heavy atom. The summed E-state index contributed by atoms with van der Waals surface area (Å²) in [5, 5.41) is 4.72. The van der Waals surface area contributed by atoms with E-state index in [1.807, 2.05) is 0 Å². The van der Waals surface area contributed by atoms with Gasteiger partial charge in [0.05, 0.1) is 27.8 Å². The topological polar surface area (TPSA) is 21.3 Å². The van der Waals surface area contributed by atoms with Crippen LogP contribution < -0.4 is 4.90 Å². The molecule has 3 nitrogen and oxygen atoms in total. The van der Waals surface area contributed by atoms with Gasteiger partial charge in [0.1, 0.15) is 11.2 Å². The van der Waals surface area contributed by atoms with Gasteiger partial charge in [-0.25, -0.2) is 0 Å². The minimum Gasteiger partial charge on any atom is -0.455 e. The van der Waals surface area contributed by atoms with Gasteiger partial charge in [0.2, 0.25) is 0 Å². The van der Waals surface area contributed by atoms with Gasteiger partial charge >= 0.3 is 0 Å². The zero-order valence-electron chi connectivity index (χ0n) is 30.1. The van der Waals surface area contributed by atoms with Crippen molar-refractivity contribution in [2.45, 2.75) is 19.3 Å². The highest BCUT2D eigenvalue weighted by atomic mass is 16.3. The number of para-hydroxylation sites is 4. The van der Waals surface area contributed by atoms with Crippen molar-refractivity contribution in [2.24, 2.45) is 0 Å². The number of rotatable bonds is 5. The Kier molecular flexibility index (Phi) is 6.60. The summed E-state index contributed by atoms with van der Waals surface area (Å²) in [5.74, 6) is 0. The third-order valence-electron chi connectivity index (χ3n) is 11.6. The van der Waals surface area contributed by atoms with Crippen molar-refractivity contribution in [3.8, 4) is 27.9 Å². The van der Waals surface area contributed by atoms with E-state index in [9.17, 15) is 0 Å². The Labute approximate surface area is 314 Å². The summed E-state index contributed by atoms with van der Waals surface area (Å²) in [4.78, 5) is 2.44. The molecule has 0 fully saturated rings. The Morgan fingerprint density at radius 2 is 1.11 bits per heavy atom. The van der Waals surface area contributed by atoms with E-state index in [0.29, 0.717) is 0 Å². The zero-order valence-corrected chi connectivity index (χ0v) is 30.1. The molecule has 2 aromatic heterocycles. The zero-order chi connectivity index (χ0) is 36.0. The van der Waals surface area contributed by atoms with Crippen LogP contribution in [0.1, 0.15) is 25.0 Å². The van der Waals surface area contributed by atoms with Crippen molar-refractivity contribution in [1.82, 2.24) is 4.57 Å². The second-order valence-electron chi connectivity index (χ2n) is 14.9. The van der Waals surface area contributed by atoms with Gasteiger partial charge in [-0.1, -0.05) is 135 Å². The van der Waals surface area contributed by atoms with Gasteiger partial charge in [0.25, 0.3) is 0 Å². The fraction of sp³-hybridized carbons (Fsp3) is 0.0588. The summed E-state index contributed by atoms with van der Waals surface area (Å²) < 4.78 is 9.23. The Morgan fingerprint density at radius 3 is 1.87 bits per heavy atom. The quantitative estimate of drug-likeness (QED) is 0.179. The SMILES string of the molecule is CC1(C)c2ccccc2-c2c(N(c3ccccc3)c3ccc(-c4ccc(-n5c6ccccc6c6ccccc65)cc4)c4oc5ccccc5c34)cccc21. The molecule has 11 rings (SSSR count). The number of hydrogen-bond donors (Lipinski definition) is 0. The van der Waals surface area contributed by atoms with Crippen LogP contribution in [-0.4, -0.2) is 4.57 Å². The molecule has 54 heavy (non-hydrogen) atoms. The standard InChI is InChI=1S/C51H36N2O/c1-51(2)41-21-10-6-19-39(41)48-42(51)22-14-25-45(48)53(34-15-4-3-5-16-34)46-32-31-36(50-49(46)40-20-9-13-26-47(40)54-50)33-27-29-35(30-28-33)52-43-23-11-7-17-37(43)38-18-8-12-24-44(38)52/h3-32H,1-2H3. The Bertz CT molecular complexity index is 3020. The lowest BCUT2D eigenvalue weighted by atomic mass is 9.82. The molecule has 1 aliphatic rings. The van der Waals surface area contributed by atoms with Crippen LogP contribution in [0.2, 0.25) is 0 Å². The van der Waals surface area contributed by atoms with E-state index in [1.165, 1.54) is 44.1 Å². The number of fused-ring (bicyclic) bond motifs is 9. The van der Waals surface area contributed by atoms with Crippen molar-refractivity contribution in [2.75, 3.05) is 4.90 Å². The molecule has 0 amide bonds. The molecular weight excluding hydrogens is 657 g/mol. The molecule has 1 aliphatic carbocycles. The van der Waals surface area contributed by atoms with Crippen molar-refractivity contribution in [1.29, 1.82) is 0 Å². The van der Waals surface area contributed by atoms with E-state index in [-0.39, 0.29) is 5.41 Å². The molecule has 0 atom stereocenters. The number of benzene rings is 8. The van der Waals surface area contributed by atoms with Crippen molar-refractivity contribution in [3.05, 3.63) is 193 Å². The summed E-state index contributed by atoms with van der Waals surface area (Å²) in [6, 6.07) is 65.7. The van der Waals surface area contributed by atoms with Gasteiger partial charge in [-0.05, 0) is 82.9 Å². The van der Waals surface area contributed by atoms with Crippen LogP contribution in [0.5, 0.6) is 0 Å². The molecule has 0 spiro atoms. The summed E-state index contributed by atoms with van der Waals surface area (Å²) in [6.07, 6.45) is 0. The monoisotopic (exact) mass is 692 g/mol. The van der Waals surface area contributed by atoms with Gasteiger partial charge < -0.3 is 13.9 Å². The van der Waals surface area contributed by atoms with Crippen LogP contribution in [0, 0.1) is 0 Å². The van der Waals surface area contributed by atoms with Gasteiger partial charge in [-0.2, -0.15) is 0 Å².